The number of nitrogens with one attached hydrogen (secondary N) is 1. The van der Waals surface area contributed by atoms with Crippen LogP contribution in [0.1, 0.15) is 20.0 Å². The van der Waals surface area contributed by atoms with Gasteiger partial charge in [-0.05, 0) is 18.2 Å². The number of rotatable bonds is 5. The summed E-state index contributed by atoms with van der Waals surface area (Å²) in [5.74, 6) is -0.533. The van der Waals surface area contributed by atoms with E-state index in [0.717, 1.165) is 16.1 Å². The number of amides is 2. The van der Waals surface area contributed by atoms with Crippen molar-refractivity contribution in [2.75, 3.05) is 19.4 Å². The zero-order valence-corrected chi connectivity index (χ0v) is 19.1. The molecule has 32 heavy (non-hydrogen) atoms. The van der Waals surface area contributed by atoms with E-state index in [1.807, 2.05) is 60.7 Å². The number of hydrogen-bond acceptors (Lipinski definition) is 4. The van der Waals surface area contributed by atoms with Gasteiger partial charge in [0, 0.05) is 30.9 Å². The van der Waals surface area contributed by atoms with Crippen LogP contribution in [0.5, 0.6) is 0 Å². The third-order valence-electron chi connectivity index (χ3n) is 4.76. The van der Waals surface area contributed by atoms with Crippen molar-refractivity contribution in [2.45, 2.75) is 0 Å². The molecule has 0 atom stereocenters. The molecule has 0 aliphatic carbocycles. The fourth-order valence-corrected chi connectivity index (χ4v) is 4.35. The minimum Gasteiger partial charge on any atom is -0.345 e. The minimum atomic E-state index is -0.297. The Balaban J connectivity index is 1.72. The summed E-state index contributed by atoms with van der Waals surface area (Å²) in [6.07, 6.45) is 0. The van der Waals surface area contributed by atoms with Crippen LogP contribution in [0.4, 0.5) is 5.69 Å². The number of nitrogens with zero attached hydrogens (tertiary/aromatic N) is 2. The number of anilines is 1. The van der Waals surface area contributed by atoms with E-state index in [1.54, 1.807) is 32.3 Å². The van der Waals surface area contributed by atoms with Crippen molar-refractivity contribution in [3.8, 4) is 21.8 Å². The SMILES string of the molecule is CN(C)C(=O)c1cc(NC(=O)c2sc(-c3ccccc3)nc2-c2ccccc2)ccc1Cl. The molecular weight excluding hydrogens is 442 g/mol. The second kappa shape index (κ2) is 9.34. The molecule has 0 unspecified atom stereocenters. The van der Waals surface area contributed by atoms with Gasteiger partial charge >= 0.3 is 0 Å². The zero-order valence-electron chi connectivity index (χ0n) is 17.5. The summed E-state index contributed by atoms with van der Waals surface area (Å²) >= 11 is 7.53. The Morgan fingerprint density at radius 1 is 0.906 bits per heavy atom. The van der Waals surface area contributed by atoms with Gasteiger partial charge in [-0.3, -0.25) is 9.59 Å². The summed E-state index contributed by atoms with van der Waals surface area (Å²) in [5.41, 5.74) is 3.23. The molecule has 1 N–H and O–H groups in total. The van der Waals surface area contributed by atoms with Gasteiger partial charge in [-0.2, -0.15) is 0 Å². The second-order valence-electron chi connectivity index (χ2n) is 7.28. The highest BCUT2D eigenvalue weighted by Gasteiger charge is 2.21. The van der Waals surface area contributed by atoms with E-state index in [4.69, 9.17) is 16.6 Å². The number of benzene rings is 3. The lowest BCUT2D eigenvalue weighted by Gasteiger charge is -2.13. The molecule has 7 heteroatoms. The fraction of sp³-hybridized carbons (Fsp3) is 0.0800. The van der Waals surface area contributed by atoms with Crippen LogP contribution in [0, 0.1) is 0 Å². The zero-order chi connectivity index (χ0) is 22.7. The molecule has 2 amide bonds. The van der Waals surface area contributed by atoms with E-state index < -0.39 is 0 Å². The lowest BCUT2D eigenvalue weighted by Crippen LogP contribution is -2.22. The Morgan fingerprint density at radius 2 is 1.53 bits per heavy atom. The molecule has 4 rings (SSSR count). The molecule has 0 spiro atoms. The van der Waals surface area contributed by atoms with Gasteiger partial charge < -0.3 is 10.2 Å². The highest BCUT2D eigenvalue weighted by atomic mass is 35.5. The van der Waals surface area contributed by atoms with Crippen LogP contribution in [0.3, 0.4) is 0 Å². The normalized spacial score (nSPS) is 10.6. The largest absolute Gasteiger partial charge is 0.345 e. The van der Waals surface area contributed by atoms with Crippen LogP contribution >= 0.6 is 22.9 Å². The molecule has 1 heterocycles. The molecule has 160 valence electrons. The standard InChI is InChI=1S/C25H20ClN3O2S/c1-29(2)25(31)19-15-18(13-14-20(19)26)27-23(30)22-21(16-9-5-3-6-10-16)28-24(32-22)17-11-7-4-8-12-17/h3-15H,1-2H3,(H,27,30). The molecule has 0 saturated heterocycles. The number of thiazole rings is 1. The van der Waals surface area contributed by atoms with E-state index in [9.17, 15) is 9.59 Å². The first-order chi connectivity index (χ1) is 15.4. The first-order valence-electron chi connectivity index (χ1n) is 9.88. The number of hydrogen-bond donors (Lipinski definition) is 1. The number of aromatic nitrogens is 1. The van der Waals surface area contributed by atoms with Gasteiger partial charge in [-0.1, -0.05) is 72.3 Å². The molecule has 5 nitrogen and oxygen atoms in total. The van der Waals surface area contributed by atoms with Crippen molar-refractivity contribution < 1.29 is 9.59 Å². The molecule has 0 saturated carbocycles. The van der Waals surface area contributed by atoms with Gasteiger partial charge in [-0.15, -0.1) is 11.3 Å². The van der Waals surface area contributed by atoms with Crippen LogP contribution in [-0.4, -0.2) is 35.8 Å². The first kappa shape index (κ1) is 21.7. The maximum Gasteiger partial charge on any atom is 0.268 e. The average Bonchev–Trinajstić information content (AvgIpc) is 3.27. The number of halogens is 1. The lowest BCUT2D eigenvalue weighted by atomic mass is 10.1. The molecule has 4 aromatic rings. The Kier molecular flexibility index (Phi) is 6.35. The van der Waals surface area contributed by atoms with E-state index in [2.05, 4.69) is 5.32 Å². The molecule has 1 aromatic heterocycles. The lowest BCUT2D eigenvalue weighted by molar-refractivity contribution is 0.0827. The summed E-state index contributed by atoms with van der Waals surface area (Å²) in [7, 11) is 3.30. The third-order valence-corrected chi connectivity index (χ3v) is 6.19. The highest BCUT2D eigenvalue weighted by Crippen LogP contribution is 2.34. The van der Waals surface area contributed by atoms with Crippen molar-refractivity contribution in [3.05, 3.63) is 94.3 Å². The van der Waals surface area contributed by atoms with Gasteiger partial charge in [0.05, 0.1) is 16.3 Å². The van der Waals surface area contributed by atoms with Gasteiger partial charge in [0.1, 0.15) is 9.88 Å². The first-order valence-corrected chi connectivity index (χ1v) is 11.1. The minimum absolute atomic E-state index is 0.236. The predicted molar refractivity (Wildman–Crippen MR) is 130 cm³/mol. The quantitative estimate of drug-likeness (QED) is 0.391. The third kappa shape index (κ3) is 4.56. The van der Waals surface area contributed by atoms with Crippen LogP contribution in [0.2, 0.25) is 5.02 Å². The molecule has 3 aromatic carbocycles. The van der Waals surface area contributed by atoms with Gasteiger partial charge in [0.15, 0.2) is 0 Å². The van der Waals surface area contributed by atoms with E-state index in [-0.39, 0.29) is 11.8 Å². The Hall–Kier alpha value is -3.48. The van der Waals surface area contributed by atoms with Crippen LogP contribution in [0.25, 0.3) is 21.8 Å². The van der Waals surface area contributed by atoms with Crippen molar-refractivity contribution in [2.24, 2.45) is 0 Å². The summed E-state index contributed by atoms with van der Waals surface area (Å²) < 4.78 is 0. The predicted octanol–water partition coefficient (Wildman–Crippen LogP) is 6.08. The van der Waals surface area contributed by atoms with E-state index >= 15 is 0 Å². The summed E-state index contributed by atoms with van der Waals surface area (Å²) in [6.45, 7) is 0. The summed E-state index contributed by atoms with van der Waals surface area (Å²) in [6, 6.07) is 24.2. The monoisotopic (exact) mass is 461 g/mol. The topological polar surface area (TPSA) is 62.3 Å². The van der Waals surface area contributed by atoms with Crippen molar-refractivity contribution in [1.29, 1.82) is 0 Å². The number of carbonyl (C=O) groups is 2. The van der Waals surface area contributed by atoms with Crippen LogP contribution < -0.4 is 5.32 Å². The molecule has 0 radical (unpaired) electrons. The van der Waals surface area contributed by atoms with Crippen molar-refractivity contribution in [1.82, 2.24) is 9.88 Å². The summed E-state index contributed by atoms with van der Waals surface area (Å²) in [4.78, 5) is 32.4. The fourth-order valence-electron chi connectivity index (χ4n) is 3.17. The molecule has 0 aliphatic heterocycles. The van der Waals surface area contributed by atoms with Gasteiger partial charge in [0.2, 0.25) is 0 Å². The molecular formula is C25H20ClN3O2S. The van der Waals surface area contributed by atoms with E-state index in [1.165, 1.54) is 16.2 Å². The van der Waals surface area contributed by atoms with Crippen LogP contribution in [0.15, 0.2) is 78.9 Å². The maximum atomic E-state index is 13.3. The molecule has 0 bridgehead atoms. The van der Waals surface area contributed by atoms with Gasteiger partial charge in [0.25, 0.3) is 11.8 Å². The molecule has 0 fully saturated rings. The molecule has 0 aliphatic rings. The average molecular weight is 462 g/mol. The van der Waals surface area contributed by atoms with Gasteiger partial charge in [-0.25, -0.2) is 4.98 Å². The Morgan fingerprint density at radius 3 is 2.16 bits per heavy atom. The second-order valence-corrected chi connectivity index (χ2v) is 8.68. The number of carbonyl (C=O) groups excluding carboxylic acids is 2. The summed E-state index contributed by atoms with van der Waals surface area (Å²) in [5, 5.41) is 3.98. The van der Waals surface area contributed by atoms with E-state index in [0.29, 0.717) is 26.8 Å². The smallest absolute Gasteiger partial charge is 0.268 e. The van der Waals surface area contributed by atoms with Crippen LogP contribution in [-0.2, 0) is 0 Å². The maximum absolute atomic E-state index is 13.3. The Bertz CT molecular complexity index is 1270. The highest BCUT2D eigenvalue weighted by molar-refractivity contribution is 7.17. The van der Waals surface area contributed by atoms with Crippen molar-refractivity contribution >= 4 is 40.4 Å². The van der Waals surface area contributed by atoms with Crippen molar-refractivity contribution in [3.63, 3.8) is 0 Å². The Labute approximate surface area is 195 Å².